The number of tetrazole rings is 1. The second kappa shape index (κ2) is 9.02. The lowest BCUT2D eigenvalue weighted by Gasteiger charge is -2.36. The van der Waals surface area contributed by atoms with Gasteiger partial charge in [0.25, 0.3) is 0 Å². The third kappa shape index (κ3) is 3.97. The van der Waals surface area contributed by atoms with E-state index in [2.05, 4.69) is 44.5 Å². The minimum absolute atomic E-state index is 0.191. The van der Waals surface area contributed by atoms with Gasteiger partial charge in [0.2, 0.25) is 5.82 Å². The summed E-state index contributed by atoms with van der Waals surface area (Å²) in [6, 6.07) is 10.1. The number of piperazine rings is 1. The van der Waals surface area contributed by atoms with Crippen LogP contribution in [0.3, 0.4) is 0 Å². The van der Waals surface area contributed by atoms with Crippen LogP contribution >= 0.6 is 0 Å². The Hall–Kier alpha value is -1.99. The molecule has 162 valence electrons. The van der Waals surface area contributed by atoms with Crippen molar-refractivity contribution in [2.75, 3.05) is 33.3 Å². The van der Waals surface area contributed by atoms with Gasteiger partial charge in [-0.25, -0.2) is 4.68 Å². The van der Waals surface area contributed by atoms with Crippen LogP contribution in [0.15, 0.2) is 24.3 Å². The molecule has 2 N–H and O–H groups in total. The van der Waals surface area contributed by atoms with Crippen LogP contribution in [-0.4, -0.2) is 59.5 Å². The van der Waals surface area contributed by atoms with E-state index in [1.807, 2.05) is 4.90 Å². The van der Waals surface area contributed by atoms with Gasteiger partial charge < -0.3 is 14.5 Å². The molecular weight excluding hydrogens is 376 g/mol. The molecule has 0 unspecified atom stereocenters. The fourth-order valence-corrected chi connectivity index (χ4v) is 6.09. The summed E-state index contributed by atoms with van der Waals surface area (Å²) in [5.41, 5.74) is 1.30. The molecule has 7 heteroatoms. The summed E-state index contributed by atoms with van der Waals surface area (Å²) in [7, 11) is 1.73. The van der Waals surface area contributed by atoms with Crippen LogP contribution in [0.5, 0.6) is 5.75 Å². The first-order valence-corrected chi connectivity index (χ1v) is 11.9. The van der Waals surface area contributed by atoms with Crippen molar-refractivity contribution in [1.82, 2.24) is 20.2 Å². The van der Waals surface area contributed by atoms with Crippen LogP contribution in [0.2, 0.25) is 0 Å². The summed E-state index contributed by atoms with van der Waals surface area (Å²) in [5.74, 6) is 1.95. The Morgan fingerprint density at radius 2 is 1.60 bits per heavy atom. The molecule has 2 aromatic rings. The second-order valence-corrected chi connectivity index (χ2v) is 9.42. The second-order valence-electron chi connectivity index (χ2n) is 9.42. The minimum Gasteiger partial charge on any atom is -0.497 e. The van der Waals surface area contributed by atoms with Crippen molar-refractivity contribution in [1.29, 1.82) is 0 Å². The van der Waals surface area contributed by atoms with Gasteiger partial charge in [-0.2, -0.15) is 0 Å². The first-order valence-electron chi connectivity index (χ1n) is 11.9. The van der Waals surface area contributed by atoms with E-state index >= 15 is 0 Å². The van der Waals surface area contributed by atoms with E-state index < -0.39 is 0 Å². The van der Waals surface area contributed by atoms with Crippen LogP contribution in [0, 0.1) is 0 Å². The number of methoxy groups -OCH3 is 1. The fourth-order valence-electron chi connectivity index (χ4n) is 6.09. The van der Waals surface area contributed by atoms with Crippen LogP contribution in [-0.2, 0) is 0 Å². The molecule has 5 rings (SSSR count). The molecule has 0 spiro atoms. The molecule has 0 amide bonds. The summed E-state index contributed by atoms with van der Waals surface area (Å²) in [6.07, 6.45) is 10.7. The van der Waals surface area contributed by atoms with E-state index in [0.717, 1.165) is 17.6 Å². The summed E-state index contributed by atoms with van der Waals surface area (Å²) in [6.45, 7) is 4.88. The third-order valence-corrected chi connectivity index (χ3v) is 7.77. The molecule has 0 bridgehead atoms. The molecule has 1 aromatic heterocycles. The average Bonchev–Trinajstić information content (AvgIpc) is 3.57. The first-order chi connectivity index (χ1) is 14.8. The number of hydrogen-bond donors (Lipinski definition) is 2. The highest BCUT2D eigenvalue weighted by molar-refractivity contribution is 5.30. The minimum atomic E-state index is 0.191. The molecular formula is C23H36N6O+2. The van der Waals surface area contributed by atoms with Gasteiger partial charge in [0.1, 0.15) is 31.9 Å². The number of quaternary nitrogens is 2. The van der Waals surface area contributed by atoms with Gasteiger partial charge in [0.15, 0.2) is 6.04 Å². The molecule has 0 radical (unpaired) electrons. The molecule has 1 aliphatic heterocycles. The van der Waals surface area contributed by atoms with Gasteiger partial charge in [0.05, 0.1) is 19.2 Å². The third-order valence-electron chi connectivity index (χ3n) is 7.77. The SMILES string of the molecule is COc1ccc([C@H](c2nnnn2C2CCCC2)[NH+]2CC[NH+](C3CCCC3)CC2)cc1. The predicted molar refractivity (Wildman–Crippen MR) is 114 cm³/mol. The quantitative estimate of drug-likeness (QED) is 0.730. The normalized spacial score (nSPS) is 26.8. The van der Waals surface area contributed by atoms with Gasteiger partial charge in [-0.05, 0) is 73.2 Å². The average molecular weight is 413 g/mol. The van der Waals surface area contributed by atoms with Crippen molar-refractivity contribution < 1.29 is 14.5 Å². The molecule has 1 aromatic carbocycles. The lowest BCUT2D eigenvalue weighted by atomic mass is 10.0. The molecule has 7 nitrogen and oxygen atoms in total. The van der Waals surface area contributed by atoms with Crippen LogP contribution in [0.1, 0.15) is 74.8 Å². The maximum atomic E-state index is 5.41. The van der Waals surface area contributed by atoms with Crippen molar-refractivity contribution in [3.8, 4) is 5.75 Å². The monoisotopic (exact) mass is 412 g/mol. The number of rotatable bonds is 6. The van der Waals surface area contributed by atoms with Gasteiger partial charge in [-0.3, -0.25) is 0 Å². The first kappa shape index (κ1) is 19.9. The van der Waals surface area contributed by atoms with Crippen molar-refractivity contribution in [3.05, 3.63) is 35.7 Å². The molecule has 2 saturated carbocycles. The summed E-state index contributed by atoms with van der Waals surface area (Å²) < 4.78 is 7.56. The lowest BCUT2D eigenvalue weighted by Crippen LogP contribution is -3.29. The molecule has 1 atom stereocenters. The maximum absolute atomic E-state index is 5.41. The highest BCUT2D eigenvalue weighted by atomic mass is 16.5. The summed E-state index contributed by atoms with van der Waals surface area (Å²) in [4.78, 5) is 3.44. The van der Waals surface area contributed by atoms with E-state index in [-0.39, 0.29) is 6.04 Å². The van der Waals surface area contributed by atoms with Crippen molar-refractivity contribution in [2.24, 2.45) is 0 Å². The maximum Gasteiger partial charge on any atom is 0.214 e. The molecule has 3 aliphatic rings. The Balaban J connectivity index is 1.41. The summed E-state index contributed by atoms with van der Waals surface area (Å²) in [5, 5.41) is 13.2. The van der Waals surface area contributed by atoms with Gasteiger partial charge in [-0.1, -0.05) is 12.8 Å². The van der Waals surface area contributed by atoms with Gasteiger partial charge >= 0.3 is 0 Å². The highest BCUT2D eigenvalue weighted by Crippen LogP contribution is 2.31. The van der Waals surface area contributed by atoms with E-state index in [1.165, 1.54) is 83.1 Å². The van der Waals surface area contributed by atoms with Gasteiger partial charge in [0, 0.05) is 5.56 Å². The van der Waals surface area contributed by atoms with Crippen LogP contribution < -0.4 is 14.5 Å². The number of benzene rings is 1. The van der Waals surface area contributed by atoms with Crippen molar-refractivity contribution >= 4 is 0 Å². The zero-order valence-corrected chi connectivity index (χ0v) is 18.2. The standard InChI is InChI=1S/C23H34N6O/c1-30-21-12-10-18(11-13-21)22(23-24-25-26-29(23)20-8-4-5-9-20)28-16-14-27(15-17-28)19-6-2-3-7-19/h10-13,19-20,22H,2-9,14-17H2,1H3/p+2/t22-/m1/s1. The Kier molecular flexibility index (Phi) is 6.00. The smallest absolute Gasteiger partial charge is 0.214 e. The van der Waals surface area contributed by atoms with Crippen LogP contribution in [0.25, 0.3) is 0 Å². The number of hydrogen-bond acceptors (Lipinski definition) is 4. The Morgan fingerprint density at radius 3 is 2.27 bits per heavy atom. The molecule has 3 fully saturated rings. The van der Waals surface area contributed by atoms with E-state index in [0.29, 0.717) is 6.04 Å². The molecule has 2 aliphatic carbocycles. The zero-order valence-electron chi connectivity index (χ0n) is 18.2. The number of aromatic nitrogens is 4. The molecule has 1 saturated heterocycles. The number of nitrogens with one attached hydrogen (secondary N) is 2. The summed E-state index contributed by atoms with van der Waals surface area (Å²) >= 11 is 0. The van der Waals surface area contributed by atoms with E-state index in [1.54, 1.807) is 12.0 Å². The zero-order chi connectivity index (χ0) is 20.3. The predicted octanol–water partition coefficient (Wildman–Crippen LogP) is 0.612. The number of ether oxygens (including phenoxy) is 1. The highest BCUT2D eigenvalue weighted by Gasteiger charge is 2.39. The molecule has 30 heavy (non-hydrogen) atoms. The van der Waals surface area contributed by atoms with Crippen LogP contribution in [0.4, 0.5) is 0 Å². The van der Waals surface area contributed by atoms with E-state index in [9.17, 15) is 0 Å². The lowest BCUT2D eigenvalue weighted by molar-refractivity contribution is -1.03. The van der Waals surface area contributed by atoms with E-state index in [4.69, 9.17) is 4.74 Å². The largest absolute Gasteiger partial charge is 0.497 e. The molecule has 2 heterocycles. The Morgan fingerprint density at radius 1 is 0.933 bits per heavy atom. The van der Waals surface area contributed by atoms with Gasteiger partial charge in [-0.15, -0.1) is 5.10 Å². The topological polar surface area (TPSA) is 61.7 Å². The fraction of sp³-hybridized carbons (Fsp3) is 0.696. The Bertz CT molecular complexity index is 801. The van der Waals surface area contributed by atoms with Crippen molar-refractivity contribution in [3.63, 3.8) is 0 Å². The number of nitrogens with zero attached hydrogens (tertiary/aromatic N) is 4. The Labute approximate surface area is 179 Å². The van der Waals surface area contributed by atoms with Crippen molar-refractivity contribution in [2.45, 2.75) is 69.5 Å².